The quantitative estimate of drug-likeness (QED) is 0.456. The minimum Gasteiger partial charge on any atom is -0.370 e. The van der Waals surface area contributed by atoms with Gasteiger partial charge in [-0.25, -0.2) is 0 Å². The zero-order valence-electron chi connectivity index (χ0n) is 8.34. The van der Waals surface area contributed by atoms with Crippen LogP contribution >= 0.6 is 0 Å². The van der Waals surface area contributed by atoms with Gasteiger partial charge in [-0.15, -0.1) is 0 Å². The summed E-state index contributed by atoms with van der Waals surface area (Å²) in [5.74, 6) is 0. The van der Waals surface area contributed by atoms with Crippen LogP contribution < -0.4 is 5.32 Å². The van der Waals surface area contributed by atoms with E-state index in [1.54, 1.807) is 18.2 Å². The summed E-state index contributed by atoms with van der Waals surface area (Å²) in [6.07, 6.45) is 1.34. The van der Waals surface area contributed by atoms with Gasteiger partial charge in [-0.3, -0.25) is 10.1 Å². The van der Waals surface area contributed by atoms with Crippen LogP contribution in [-0.2, 0) is 4.79 Å². The molecule has 0 amide bonds. The molecule has 0 spiro atoms. The van der Waals surface area contributed by atoms with E-state index in [0.29, 0.717) is 12.1 Å². The second kappa shape index (κ2) is 5.09. The highest BCUT2D eigenvalue weighted by molar-refractivity contribution is 5.69. The molecule has 0 saturated heterocycles. The fourth-order valence-electron chi connectivity index (χ4n) is 1.19. The third-order valence-corrected chi connectivity index (χ3v) is 2.05. The van der Waals surface area contributed by atoms with Gasteiger partial charge < -0.3 is 10.1 Å². The van der Waals surface area contributed by atoms with E-state index in [1.165, 1.54) is 6.07 Å². The minimum absolute atomic E-state index is 0.0159. The van der Waals surface area contributed by atoms with E-state index in [2.05, 4.69) is 5.32 Å². The van der Waals surface area contributed by atoms with Crippen molar-refractivity contribution in [2.24, 2.45) is 0 Å². The molecule has 0 saturated carbocycles. The second-order valence-corrected chi connectivity index (χ2v) is 3.07. The van der Waals surface area contributed by atoms with Gasteiger partial charge >= 0.3 is 0 Å². The van der Waals surface area contributed by atoms with E-state index in [0.717, 1.165) is 6.29 Å². The third-order valence-electron chi connectivity index (χ3n) is 2.05. The van der Waals surface area contributed by atoms with Gasteiger partial charge in [0.25, 0.3) is 5.69 Å². The molecule has 5 nitrogen and oxygen atoms in total. The zero-order valence-corrected chi connectivity index (χ0v) is 8.34. The monoisotopic (exact) mass is 208 g/mol. The highest BCUT2D eigenvalue weighted by Crippen LogP contribution is 2.23. The van der Waals surface area contributed by atoms with Crippen LogP contribution in [-0.4, -0.2) is 17.3 Å². The summed E-state index contributed by atoms with van der Waals surface area (Å²) >= 11 is 0. The Morgan fingerprint density at radius 3 is 2.73 bits per heavy atom. The van der Waals surface area contributed by atoms with Crippen LogP contribution in [0.4, 0.5) is 11.4 Å². The van der Waals surface area contributed by atoms with Crippen molar-refractivity contribution in [2.45, 2.75) is 19.4 Å². The Labute approximate surface area is 87.3 Å². The molecule has 1 rings (SSSR count). The first-order valence-corrected chi connectivity index (χ1v) is 4.64. The fraction of sp³-hybridized carbons (Fsp3) is 0.300. The maximum absolute atomic E-state index is 10.7. The lowest BCUT2D eigenvalue weighted by Crippen LogP contribution is -2.20. The summed E-state index contributed by atoms with van der Waals surface area (Å²) in [6, 6.07) is 5.88. The first-order valence-electron chi connectivity index (χ1n) is 4.64. The molecular formula is C10H12N2O3. The second-order valence-electron chi connectivity index (χ2n) is 3.07. The van der Waals surface area contributed by atoms with Crippen LogP contribution in [0.3, 0.4) is 0 Å². The van der Waals surface area contributed by atoms with E-state index in [9.17, 15) is 14.9 Å². The molecule has 0 aliphatic heterocycles. The topological polar surface area (TPSA) is 72.2 Å². The Morgan fingerprint density at radius 1 is 1.53 bits per heavy atom. The number of nitrogens with one attached hydrogen (secondary N) is 1. The average Bonchev–Trinajstić information content (AvgIpc) is 2.26. The molecule has 1 aromatic carbocycles. The third kappa shape index (κ3) is 2.77. The van der Waals surface area contributed by atoms with Gasteiger partial charge in [-0.1, -0.05) is 19.1 Å². The molecule has 0 aromatic heterocycles. The molecule has 1 atom stereocenters. The van der Waals surface area contributed by atoms with E-state index < -0.39 is 4.92 Å². The number of anilines is 1. The number of hydrogen-bond donors (Lipinski definition) is 1. The smallest absolute Gasteiger partial charge is 0.292 e. The Morgan fingerprint density at radius 2 is 2.20 bits per heavy atom. The maximum atomic E-state index is 10.7. The molecule has 80 valence electrons. The number of para-hydroxylation sites is 2. The normalized spacial score (nSPS) is 11.8. The molecule has 0 bridgehead atoms. The number of carbonyl (C=O) groups excluding carboxylic acids is 1. The van der Waals surface area contributed by atoms with Gasteiger partial charge in [0.15, 0.2) is 0 Å². The Hall–Kier alpha value is -1.91. The van der Waals surface area contributed by atoms with Crippen molar-refractivity contribution in [1.29, 1.82) is 0 Å². The standard InChI is InChI=1S/C10H12N2O3/c1-2-8(7-13)11-9-5-3-4-6-10(9)12(14)15/h3-8,11H,2H2,1H3. The van der Waals surface area contributed by atoms with Crippen molar-refractivity contribution in [2.75, 3.05) is 5.32 Å². The van der Waals surface area contributed by atoms with Gasteiger partial charge in [0.2, 0.25) is 0 Å². The molecule has 0 radical (unpaired) electrons. The van der Waals surface area contributed by atoms with Crippen LogP contribution in [0.1, 0.15) is 13.3 Å². The Balaban J connectivity index is 2.93. The SMILES string of the molecule is CCC(C=O)Nc1ccccc1[N+](=O)[O-]. The molecule has 1 N–H and O–H groups in total. The Bertz CT molecular complexity index is 365. The molecule has 0 heterocycles. The van der Waals surface area contributed by atoms with Crippen molar-refractivity contribution >= 4 is 17.7 Å². The highest BCUT2D eigenvalue weighted by Gasteiger charge is 2.14. The molecule has 5 heteroatoms. The maximum Gasteiger partial charge on any atom is 0.292 e. The predicted molar refractivity (Wildman–Crippen MR) is 56.9 cm³/mol. The summed E-state index contributed by atoms with van der Waals surface area (Å²) in [4.78, 5) is 20.8. The van der Waals surface area contributed by atoms with Gasteiger partial charge in [-0.05, 0) is 12.5 Å². The molecular weight excluding hydrogens is 196 g/mol. The lowest BCUT2D eigenvalue weighted by Gasteiger charge is -2.11. The minimum atomic E-state index is -0.472. The number of rotatable bonds is 5. The van der Waals surface area contributed by atoms with Gasteiger partial charge in [0.1, 0.15) is 12.0 Å². The van der Waals surface area contributed by atoms with E-state index in [4.69, 9.17) is 0 Å². The van der Waals surface area contributed by atoms with E-state index in [-0.39, 0.29) is 11.7 Å². The number of carbonyl (C=O) groups is 1. The lowest BCUT2D eigenvalue weighted by atomic mass is 10.2. The number of hydrogen-bond acceptors (Lipinski definition) is 4. The van der Waals surface area contributed by atoms with Crippen LogP contribution in [0, 0.1) is 10.1 Å². The highest BCUT2D eigenvalue weighted by atomic mass is 16.6. The van der Waals surface area contributed by atoms with Crippen molar-refractivity contribution in [3.05, 3.63) is 34.4 Å². The van der Waals surface area contributed by atoms with Gasteiger partial charge in [0.05, 0.1) is 11.0 Å². The van der Waals surface area contributed by atoms with Crippen molar-refractivity contribution in [3.8, 4) is 0 Å². The van der Waals surface area contributed by atoms with E-state index >= 15 is 0 Å². The van der Waals surface area contributed by atoms with Crippen LogP contribution in [0.2, 0.25) is 0 Å². The Kier molecular flexibility index (Phi) is 3.79. The number of nitro benzene ring substituents is 1. The molecule has 0 aliphatic carbocycles. The van der Waals surface area contributed by atoms with Crippen molar-refractivity contribution in [1.82, 2.24) is 0 Å². The molecule has 0 fully saturated rings. The first-order chi connectivity index (χ1) is 7.19. The average molecular weight is 208 g/mol. The molecule has 0 aliphatic rings. The first kappa shape index (κ1) is 11.2. The summed E-state index contributed by atoms with van der Waals surface area (Å²) in [7, 11) is 0. The molecule has 15 heavy (non-hydrogen) atoms. The van der Waals surface area contributed by atoms with Crippen LogP contribution in [0.25, 0.3) is 0 Å². The molecule has 1 aromatic rings. The fourth-order valence-corrected chi connectivity index (χ4v) is 1.19. The van der Waals surface area contributed by atoms with E-state index in [1.807, 2.05) is 6.92 Å². The summed E-state index contributed by atoms with van der Waals surface area (Å²) in [5.41, 5.74) is 0.360. The van der Waals surface area contributed by atoms with Crippen molar-refractivity contribution in [3.63, 3.8) is 0 Å². The number of aldehydes is 1. The number of benzene rings is 1. The predicted octanol–water partition coefficient (Wildman–Crippen LogP) is 1.98. The van der Waals surface area contributed by atoms with Crippen LogP contribution in [0.15, 0.2) is 24.3 Å². The molecule has 1 unspecified atom stereocenters. The van der Waals surface area contributed by atoms with Gasteiger partial charge in [0, 0.05) is 6.07 Å². The van der Waals surface area contributed by atoms with Crippen molar-refractivity contribution < 1.29 is 9.72 Å². The summed E-state index contributed by atoms with van der Waals surface area (Å²) in [5, 5.41) is 13.5. The van der Waals surface area contributed by atoms with Gasteiger partial charge in [-0.2, -0.15) is 0 Å². The summed E-state index contributed by atoms with van der Waals surface area (Å²) < 4.78 is 0. The summed E-state index contributed by atoms with van der Waals surface area (Å²) in [6.45, 7) is 1.83. The number of nitrogens with zero attached hydrogens (tertiary/aromatic N) is 1. The largest absolute Gasteiger partial charge is 0.370 e. The number of nitro groups is 1. The van der Waals surface area contributed by atoms with Crippen LogP contribution in [0.5, 0.6) is 0 Å². The zero-order chi connectivity index (χ0) is 11.3. The lowest BCUT2D eigenvalue weighted by molar-refractivity contribution is -0.384.